The molecule has 1 unspecified atom stereocenters. The lowest BCUT2D eigenvalue weighted by Crippen LogP contribution is -2.48. The van der Waals surface area contributed by atoms with Gasteiger partial charge in [0.2, 0.25) is 0 Å². The third kappa shape index (κ3) is 2.77. The lowest BCUT2D eigenvalue weighted by Gasteiger charge is -2.34. The number of aliphatic hydroxyl groups excluding tert-OH is 1. The molecular weight excluding hydrogens is 399 g/mol. The number of fused-ring (bicyclic) bond motifs is 1. The van der Waals surface area contributed by atoms with Gasteiger partial charge >= 0.3 is 0 Å². The lowest BCUT2D eigenvalue weighted by atomic mass is 9.77. The Morgan fingerprint density at radius 1 is 1.27 bits per heavy atom. The Morgan fingerprint density at radius 3 is 2.36 bits per heavy atom. The van der Waals surface area contributed by atoms with Crippen molar-refractivity contribution < 1.29 is 24.9 Å². The van der Waals surface area contributed by atoms with Crippen LogP contribution in [-0.4, -0.2) is 36.4 Å². The first-order valence-corrected chi connectivity index (χ1v) is 7.89. The highest BCUT2D eigenvalue weighted by Crippen LogP contribution is 2.44. The van der Waals surface area contributed by atoms with Crippen molar-refractivity contribution in [1.29, 1.82) is 0 Å². The molecule has 1 aromatic rings. The minimum atomic E-state index is -1.35. The Kier molecular flexibility index (Phi) is 4.62. The summed E-state index contributed by atoms with van der Waals surface area (Å²) in [5.41, 5.74) is 0.628. The molecule has 1 aliphatic rings. The van der Waals surface area contributed by atoms with E-state index in [2.05, 4.69) is 0 Å². The number of alkyl halides is 1. The van der Waals surface area contributed by atoms with Gasteiger partial charge in [0.1, 0.15) is 14.9 Å². The van der Waals surface area contributed by atoms with Crippen LogP contribution >= 0.6 is 22.6 Å². The minimum absolute atomic E-state index is 0.160. The predicted octanol–water partition coefficient (Wildman–Crippen LogP) is 2.76. The Labute approximate surface area is 141 Å². The molecule has 1 aliphatic carbocycles. The van der Waals surface area contributed by atoms with Crippen LogP contribution in [0.4, 0.5) is 0 Å². The molecule has 118 valence electrons. The number of phenols is 2. The fourth-order valence-electron chi connectivity index (χ4n) is 2.51. The van der Waals surface area contributed by atoms with E-state index in [0.29, 0.717) is 0 Å². The molecule has 0 aromatic heterocycles. The molecule has 0 saturated heterocycles. The molecule has 2 atom stereocenters. The van der Waals surface area contributed by atoms with Crippen molar-refractivity contribution in [1.82, 2.24) is 0 Å². The largest absolute Gasteiger partial charge is 0.507 e. The summed E-state index contributed by atoms with van der Waals surface area (Å²) in [6.07, 6.45) is 0.753. The van der Waals surface area contributed by atoms with Crippen LogP contribution < -0.4 is 0 Å². The topological polar surface area (TPSA) is 94.8 Å². The van der Waals surface area contributed by atoms with E-state index in [1.165, 1.54) is 12.1 Å². The molecule has 0 radical (unpaired) electrons. The summed E-state index contributed by atoms with van der Waals surface area (Å²) in [7, 11) is 0. The zero-order valence-electron chi connectivity index (χ0n) is 12.3. The third-order valence-electron chi connectivity index (χ3n) is 3.74. The predicted molar refractivity (Wildman–Crippen MR) is 89.9 cm³/mol. The third-order valence-corrected chi connectivity index (χ3v) is 5.33. The minimum Gasteiger partial charge on any atom is -0.507 e. The van der Waals surface area contributed by atoms with Crippen molar-refractivity contribution in [2.45, 2.75) is 36.2 Å². The number of aliphatic hydroxyl groups is 1. The van der Waals surface area contributed by atoms with Crippen molar-refractivity contribution in [2.24, 2.45) is 0 Å². The van der Waals surface area contributed by atoms with Gasteiger partial charge in [0.05, 0.1) is 17.2 Å². The SMILES string of the molecule is CC(C)=CC[C@@H](O)C1(I)CC(=O)c2c(O)ccc(O)c2C1=O. The monoisotopic (exact) mass is 416 g/mol. The molecule has 0 amide bonds. The van der Waals surface area contributed by atoms with Gasteiger partial charge in [-0.3, -0.25) is 9.59 Å². The molecule has 5 nitrogen and oxygen atoms in total. The Balaban J connectivity index is 2.51. The van der Waals surface area contributed by atoms with Crippen molar-refractivity contribution >= 4 is 34.2 Å². The number of carbonyl (C=O) groups is 2. The number of benzene rings is 1. The molecule has 0 spiro atoms. The number of hydrogen-bond donors (Lipinski definition) is 3. The maximum Gasteiger partial charge on any atom is 0.186 e. The molecule has 0 aliphatic heterocycles. The standard InChI is InChI=1S/C16H17IO5/c1-8(2)3-6-12(21)16(17)7-11(20)13-9(18)4-5-10(19)14(13)15(16)22/h3-5,12,18-19,21H,6-7H2,1-2H3/t12-,16?/m1/s1. The number of aromatic hydroxyl groups is 2. The number of halogens is 1. The van der Waals surface area contributed by atoms with Crippen molar-refractivity contribution in [3.05, 3.63) is 34.9 Å². The Bertz CT molecular complexity index is 675. The fourth-order valence-corrected chi connectivity index (χ4v) is 3.38. The van der Waals surface area contributed by atoms with E-state index in [0.717, 1.165) is 5.57 Å². The van der Waals surface area contributed by atoms with E-state index >= 15 is 0 Å². The first-order valence-electron chi connectivity index (χ1n) is 6.81. The average molecular weight is 416 g/mol. The summed E-state index contributed by atoms with van der Waals surface area (Å²) in [6, 6.07) is 2.35. The first-order chi connectivity index (χ1) is 10.2. The molecule has 22 heavy (non-hydrogen) atoms. The van der Waals surface area contributed by atoms with Gasteiger partial charge in [0.25, 0.3) is 0 Å². The average Bonchev–Trinajstić information content (AvgIpc) is 2.44. The molecule has 2 rings (SSSR count). The van der Waals surface area contributed by atoms with E-state index in [9.17, 15) is 24.9 Å². The second-order valence-electron chi connectivity index (χ2n) is 5.68. The molecule has 1 aromatic carbocycles. The number of hydrogen-bond acceptors (Lipinski definition) is 5. The molecule has 0 saturated carbocycles. The van der Waals surface area contributed by atoms with Gasteiger partial charge in [-0.05, 0) is 32.4 Å². The smallest absolute Gasteiger partial charge is 0.186 e. The highest BCUT2D eigenvalue weighted by Gasteiger charge is 2.50. The maximum absolute atomic E-state index is 12.7. The zero-order valence-corrected chi connectivity index (χ0v) is 14.4. The van der Waals surface area contributed by atoms with Gasteiger partial charge in [-0.1, -0.05) is 34.2 Å². The number of carbonyl (C=O) groups excluding carboxylic acids is 2. The maximum atomic E-state index is 12.7. The van der Waals surface area contributed by atoms with Crippen molar-refractivity contribution in [3.63, 3.8) is 0 Å². The first kappa shape index (κ1) is 17.0. The summed E-state index contributed by atoms with van der Waals surface area (Å²) < 4.78 is -1.35. The van der Waals surface area contributed by atoms with E-state index in [-0.39, 0.29) is 35.5 Å². The Hall–Kier alpha value is -1.41. The summed E-state index contributed by atoms with van der Waals surface area (Å²) in [5.74, 6) is -1.69. The van der Waals surface area contributed by atoms with Crippen LogP contribution in [0.15, 0.2) is 23.8 Å². The fraction of sp³-hybridized carbons (Fsp3) is 0.375. The van der Waals surface area contributed by atoms with E-state index in [1.54, 1.807) is 28.7 Å². The van der Waals surface area contributed by atoms with Gasteiger partial charge in [0.15, 0.2) is 11.6 Å². The molecule has 6 heteroatoms. The van der Waals surface area contributed by atoms with Crippen LogP contribution in [0, 0.1) is 0 Å². The van der Waals surface area contributed by atoms with Crippen LogP contribution in [-0.2, 0) is 0 Å². The quantitative estimate of drug-likeness (QED) is 0.305. The lowest BCUT2D eigenvalue weighted by molar-refractivity contribution is 0.0694. The van der Waals surface area contributed by atoms with Gasteiger partial charge in [-0.2, -0.15) is 0 Å². The van der Waals surface area contributed by atoms with E-state index < -0.39 is 21.1 Å². The molecular formula is C16H17IO5. The Morgan fingerprint density at radius 2 is 1.82 bits per heavy atom. The summed E-state index contributed by atoms with van der Waals surface area (Å²) in [5, 5.41) is 30.1. The van der Waals surface area contributed by atoms with Crippen LogP contribution in [0.25, 0.3) is 0 Å². The van der Waals surface area contributed by atoms with Gasteiger partial charge in [0, 0.05) is 6.42 Å². The second-order valence-corrected chi connectivity index (χ2v) is 7.60. The van der Waals surface area contributed by atoms with E-state index in [1.807, 2.05) is 13.8 Å². The van der Waals surface area contributed by atoms with Crippen LogP contribution in [0.1, 0.15) is 47.4 Å². The normalized spacial score (nSPS) is 22.2. The molecule has 0 heterocycles. The second kappa shape index (κ2) is 6.00. The summed E-state index contributed by atoms with van der Waals surface area (Å²) in [6.45, 7) is 3.75. The molecule has 0 bridgehead atoms. The van der Waals surface area contributed by atoms with E-state index in [4.69, 9.17) is 0 Å². The summed E-state index contributed by atoms with van der Waals surface area (Å²) >= 11 is 1.79. The summed E-state index contributed by atoms with van der Waals surface area (Å²) in [4.78, 5) is 25.0. The van der Waals surface area contributed by atoms with Crippen molar-refractivity contribution in [3.8, 4) is 11.5 Å². The zero-order chi connectivity index (χ0) is 16.7. The molecule has 0 fully saturated rings. The van der Waals surface area contributed by atoms with Gasteiger partial charge in [-0.25, -0.2) is 0 Å². The molecule has 3 N–H and O–H groups in total. The van der Waals surface area contributed by atoms with Crippen LogP contribution in [0.2, 0.25) is 0 Å². The number of allylic oxidation sites excluding steroid dienone is 1. The highest BCUT2D eigenvalue weighted by molar-refractivity contribution is 14.1. The number of Topliss-reactive ketones (excluding diaryl/α,β-unsaturated/α-hetero) is 2. The highest BCUT2D eigenvalue weighted by atomic mass is 127. The van der Waals surface area contributed by atoms with Gasteiger partial charge in [-0.15, -0.1) is 0 Å². The van der Waals surface area contributed by atoms with Crippen LogP contribution in [0.5, 0.6) is 11.5 Å². The number of ketones is 2. The van der Waals surface area contributed by atoms with Crippen LogP contribution in [0.3, 0.4) is 0 Å². The van der Waals surface area contributed by atoms with Crippen molar-refractivity contribution in [2.75, 3.05) is 0 Å². The number of rotatable bonds is 3. The number of phenolic OH excluding ortho intramolecular Hbond substituents is 2. The van der Waals surface area contributed by atoms with Gasteiger partial charge < -0.3 is 15.3 Å².